The molecule has 3 aromatic heterocycles. The van der Waals surface area contributed by atoms with Crippen LogP contribution >= 0.6 is 11.3 Å². The molecule has 0 radical (unpaired) electrons. The largest absolute Gasteiger partial charge is 0.471 e. The number of nitrogens with zero attached hydrogens (tertiary/aromatic N) is 3. The van der Waals surface area contributed by atoms with Crippen LogP contribution in [0, 0.1) is 13.8 Å². The predicted molar refractivity (Wildman–Crippen MR) is 145 cm³/mol. The second-order valence-electron chi connectivity index (χ2n) is 8.90. The van der Waals surface area contributed by atoms with E-state index in [9.17, 15) is 18.4 Å². The van der Waals surface area contributed by atoms with Crippen LogP contribution in [0.4, 0.5) is 14.5 Å². The zero-order valence-electron chi connectivity index (χ0n) is 20.9. The molecule has 5 rings (SSSR count). The number of aromatic nitrogens is 3. The van der Waals surface area contributed by atoms with Crippen LogP contribution in [0.15, 0.2) is 66.9 Å². The van der Waals surface area contributed by atoms with Gasteiger partial charge in [-0.05, 0) is 60.4 Å². The molecule has 0 aliphatic heterocycles. The number of rotatable bonds is 8. The van der Waals surface area contributed by atoms with Crippen molar-refractivity contribution in [3.05, 3.63) is 94.3 Å². The van der Waals surface area contributed by atoms with E-state index in [2.05, 4.69) is 15.4 Å². The van der Waals surface area contributed by atoms with Gasteiger partial charge in [-0.1, -0.05) is 36.4 Å². The maximum atomic E-state index is 13.7. The van der Waals surface area contributed by atoms with Gasteiger partial charge in [-0.2, -0.15) is 5.10 Å². The molecular formula is C28H23F2N5O3S. The van der Waals surface area contributed by atoms with Crippen molar-refractivity contribution in [1.29, 1.82) is 0 Å². The van der Waals surface area contributed by atoms with E-state index >= 15 is 0 Å². The Morgan fingerprint density at radius 1 is 1.08 bits per heavy atom. The number of anilines is 1. The van der Waals surface area contributed by atoms with Gasteiger partial charge in [0.15, 0.2) is 12.4 Å². The van der Waals surface area contributed by atoms with Crippen molar-refractivity contribution in [2.24, 2.45) is 5.73 Å². The molecule has 0 unspecified atom stereocenters. The number of nitrogens with two attached hydrogens (primary N) is 1. The van der Waals surface area contributed by atoms with Gasteiger partial charge in [0.25, 0.3) is 18.2 Å². The first-order valence-corrected chi connectivity index (χ1v) is 12.7. The van der Waals surface area contributed by atoms with Gasteiger partial charge in [-0.25, -0.2) is 18.4 Å². The van der Waals surface area contributed by atoms with Crippen LogP contribution in [-0.2, 0) is 6.73 Å². The van der Waals surface area contributed by atoms with Crippen LogP contribution in [-0.4, -0.2) is 26.6 Å². The van der Waals surface area contributed by atoms with Gasteiger partial charge in [-0.3, -0.25) is 9.59 Å². The Morgan fingerprint density at radius 2 is 1.79 bits per heavy atom. The van der Waals surface area contributed by atoms with Crippen molar-refractivity contribution in [3.63, 3.8) is 0 Å². The quantitative estimate of drug-likeness (QED) is 0.244. The van der Waals surface area contributed by atoms with Crippen molar-refractivity contribution in [2.45, 2.75) is 27.0 Å². The molecule has 0 atom stereocenters. The number of hydrogen-bond donors (Lipinski definition) is 2. The maximum absolute atomic E-state index is 13.7. The number of hydrogen-bond acceptors (Lipinski definition) is 6. The van der Waals surface area contributed by atoms with Crippen molar-refractivity contribution >= 4 is 39.1 Å². The van der Waals surface area contributed by atoms with E-state index in [1.165, 1.54) is 16.8 Å². The standard InChI is InChI=1S/C28H23F2N5O3S/c1-15-10-16(2)12-18(11-15)38-14-35-9-8-20(34-35)27(37)33-23-22-19(17-6-4-3-5-7-17)13-21(25(29)30)32-28(22)39-24(23)26(31)36/h3-13,25H,14H2,1-2H3,(H2,31,36)(H,33,37). The van der Waals surface area contributed by atoms with E-state index < -0.39 is 23.9 Å². The lowest BCUT2D eigenvalue weighted by Gasteiger charge is -2.10. The number of pyridine rings is 1. The highest BCUT2D eigenvalue weighted by Crippen LogP contribution is 2.42. The zero-order chi connectivity index (χ0) is 27.7. The van der Waals surface area contributed by atoms with Gasteiger partial charge in [-0.15, -0.1) is 11.3 Å². The van der Waals surface area contributed by atoms with Crippen molar-refractivity contribution in [3.8, 4) is 16.9 Å². The summed E-state index contributed by atoms with van der Waals surface area (Å²) in [5.74, 6) is -0.758. The normalized spacial score (nSPS) is 11.2. The van der Waals surface area contributed by atoms with Gasteiger partial charge in [0.2, 0.25) is 0 Å². The number of thiophene rings is 1. The first-order valence-electron chi connectivity index (χ1n) is 11.9. The molecule has 8 nitrogen and oxygen atoms in total. The highest BCUT2D eigenvalue weighted by atomic mass is 32.1. The second kappa shape index (κ2) is 10.6. The number of primary amides is 1. The molecule has 2 aromatic carbocycles. The average molecular weight is 548 g/mol. The minimum Gasteiger partial charge on any atom is -0.471 e. The van der Waals surface area contributed by atoms with Crippen LogP contribution in [0.2, 0.25) is 0 Å². The number of amides is 2. The number of fused-ring (bicyclic) bond motifs is 1. The first kappa shape index (κ1) is 26.0. The molecule has 11 heteroatoms. The van der Waals surface area contributed by atoms with E-state index in [4.69, 9.17) is 10.5 Å². The molecule has 0 saturated carbocycles. The SMILES string of the molecule is Cc1cc(C)cc(OCn2ccc(C(=O)Nc3c(C(N)=O)sc4nc(C(F)F)cc(-c5ccccc5)c34)n2)c1. The molecule has 0 bridgehead atoms. The van der Waals surface area contributed by atoms with E-state index in [0.29, 0.717) is 22.3 Å². The Kier molecular flexibility index (Phi) is 7.07. The summed E-state index contributed by atoms with van der Waals surface area (Å²) in [6.07, 6.45) is -1.24. The lowest BCUT2D eigenvalue weighted by Crippen LogP contribution is -2.17. The topological polar surface area (TPSA) is 112 Å². The number of ether oxygens (including phenoxy) is 1. The number of nitrogens with one attached hydrogen (secondary N) is 1. The number of benzene rings is 2. The number of carbonyl (C=O) groups excluding carboxylic acids is 2. The minimum absolute atomic E-state index is 0.00738. The number of alkyl halides is 2. The number of carbonyl (C=O) groups is 2. The fourth-order valence-corrected chi connectivity index (χ4v) is 5.27. The van der Waals surface area contributed by atoms with Gasteiger partial charge in [0.1, 0.15) is 21.2 Å². The van der Waals surface area contributed by atoms with Crippen LogP contribution in [0.25, 0.3) is 21.3 Å². The fraction of sp³-hybridized carbons (Fsp3) is 0.143. The third-order valence-electron chi connectivity index (χ3n) is 5.88. The molecule has 198 valence electrons. The third kappa shape index (κ3) is 5.48. The first-order chi connectivity index (χ1) is 18.7. The summed E-state index contributed by atoms with van der Waals surface area (Å²) < 4.78 is 34.6. The zero-order valence-corrected chi connectivity index (χ0v) is 21.8. The highest BCUT2D eigenvalue weighted by Gasteiger charge is 2.25. The third-order valence-corrected chi connectivity index (χ3v) is 6.98. The number of aryl methyl sites for hydroxylation is 2. The molecule has 0 saturated heterocycles. The molecular weight excluding hydrogens is 524 g/mol. The molecule has 0 fully saturated rings. The second-order valence-corrected chi connectivity index (χ2v) is 9.90. The monoisotopic (exact) mass is 547 g/mol. The summed E-state index contributed by atoms with van der Waals surface area (Å²) in [4.78, 5) is 29.7. The van der Waals surface area contributed by atoms with Gasteiger partial charge >= 0.3 is 0 Å². The van der Waals surface area contributed by atoms with Gasteiger partial charge in [0, 0.05) is 11.6 Å². The summed E-state index contributed by atoms with van der Waals surface area (Å²) >= 11 is 0.843. The van der Waals surface area contributed by atoms with Crippen molar-refractivity contribution in [2.75, 3.05) is 5.32 Å². The lowest BCUT2D eigenvalue weighted by atomic mass is 10.0. The van der Waals surface area contributed by atoms with Crippen molar-refractivity contribution in [1.82, 2.24) is 14.8 Å². The average Bonchev–Trinajstić information content (AvgIpc) is 3.52. The smallest absolute Gasteiger partial charge is 0.280 e. The minimum atomic E-state index is -2.83. The molecule has 0 spiro atoms. The van der Waals surface area contributed by atoms with E-state index in [1.807, 2.05) is 32.0 Å². The molecule has 0 aliphatic carbocycles. The summed E-state index contributed by atoms with van der Waals surface area (Å²) in [5, 5.41) is 7.34. The van der Waals surface area contributed by atoms with E-state index in [-0.39, 0.29) is 27.8 Å². The number of halogens is 2. The Labute approximate surface area is 226 Å². The fourth-order valence-electron chi connectivity index (χ4n) is 4.26. The lowest BCUT2D eigenvalue weighted by molar-refractivity contribution is 0.100. The van der Waals surface area contributed by atoms with Gasteiger partial charge in [0.05, 0.1) is 5.69 Å². The highest BCUT2D eigenvalue weighted by molar-refractivity contribution is 7.21. The molecule has 39 heavy (non-hydrogen) atoms. The molecule has 3 N–H and O–H groups in total. The summed E-state index contributed by atoms with van der Waals surface area (Å²) in [7, 11) is 0. The van der Waals surface area contributed by atoms with Crippen LogP contribution in [0.3, 0.4) is 0 Å². The summed E-state index contributed by atoms with van der Waals surface area (Å²) in [6.45, 7) is 4.01. The Bertz CT molecular complexity index is 1680. The van der Waals surface area contributed by atoms with Crippen LogP contribution in [0.5, 0.6) is 5.75 Å². The Balaban J connectivity index is 1.48. The predicted octanol–water partition coefficient (Wildman–Crippen LogP) is 6.10. The maximum Gasteiger partial charge on any atom is 0.280 e. The molecule has 2 amide bonds. The Morgan fingerprint density at radius 3 is 2.46 bits per heavy atom. The van der Waals surface area contributed by atoms with E-state index in [1.54, 1.807) is 36.5 Å². The Hall–Kier alpha value is -4.64. The molecule has 5 aromatic rings. The van der Waals surface area contributed by atoms with Gasteiger partial charge < -0.3 is 15.8 Å². The summed E-state index contributed by atoms with van der Waals surface area (Å²) in [5.41, 5.74) is 8.45. The van der Waals surface area contributed by atoms with E-state index in [0.717, 1.165) is 22.5 Å². The van der Waals surface area contributed by atoms with Crippen LogP contribution in [0.1, 0.15) is 43.4 Å². The summed E-state index contributed by atoms with van der Waals surface area (Å²) in [6, 6.07) is 17.4. The van der Waals surface area contributed by atoms with Crippen molar-refractivity contribution < 1.29 is 23.1 Å². The van der Waals surface area contributed by atoms with Crippen LogP contribution < -0.4 is 15.8 Å². The molecule has 3 heterocycles. The molecule has 0 aliphatic rings.